The zero-order valence-electron chi connectivity index (χ0n) is 10.6. The van der Waals surface area contributed by atoms with Crippen LogP contribution in [0.2, 0.25) is 0 Å². The van der Waals surface area contributed by atoms with Gasteiger partial charge in [0, 0.05) is 5.92 Å². The van der Waals surface area contributed by atoms with Crippen molar-refractivity contribution in [3.05, 3.63) is 23.3 Å². The van der Waals surface area contributed by atoms with Crippen molar-refractivity contribution < 1.29 is 0 Å². The first-order chi connectivity index (χ1) is 7.03. The smallest absolute Gasteiger partial charge is 0.00308 e. The van der Waals surface area contributed by atoms with E-state index < -0.39 is 0 Å². The third kappa shape index (κ3) is 1.91. The summed E-state index contributed by atoms with van der Waals surface area (Å²) in [5, 5.41) is 0. The molecule has 0 N–H and O–H groups in total. The molecule has 2 aliphatic rings. The van der Waals surface area contributed by atoms with E-state index >= 15 is 0 Å². The molecule has 2 unspecified atom stereocenters. The van der Waals surface area contributed by atoms with E-state index in [1.165, 1.54) is 25.7 Å². The van der Waals surface area contributed by atoms with Gasteiger partial charge in [-0.3, -0.25) is 0 Å². The maximum absolute atomic E-state index is 2.58. The highest BCUT2D eigenvalue weighted by atomic mass is 14.4. The molecule has 0 nitrogen and oxygen atoms in total. The van der Waals surface area contributed by atoms with Gasteiger partial charge in [-0.25, -0.2) is 0 Å². The number of allylic oxidation sites excluding steroid dienone is 4. The normalized spacial score (nSPS) is 35.9. The summed E-state index contributed by atoms with van der Waals surface area (Å²) in [4.78, 5) is 0. The SMILES string of the molecule is CC1=CCCC2(C)CCC(C(C)C)=CC12. The van der Waals surface area contributed by atoms with Crippen molar-refractivity contribution >= 4 is 0 Å². The van der Waals surface area contributed by atoms with Crippen LogP contribution in [-0.4, -0.2) is 0 Å². The van der Waals surface area contributed by atoms with Gasteiger partial charge < -0.3 is 0 Å². The first kappa shape index (κ1) is 11.0. The lowest BCUT2D eigenvalue weighted by atomic mass is 9.61. The van der Waals surface area contributed by atoms with Gasteiger partial charge in [-0.15, -0.1) is 0 Å². The molecule has 0 aromatic rings. The Morgan fingerprint density at radius 2 is 2.07 bits per heavy atom. The predicted molar refractivity (Wildman–Crippen MR) is 66.7 cm³/mol. The van der Waals surface area contributed by atoms with Crippen LogP contribution in [0.3, 0.4) is 0 Å². The maximum atomic E-state index is 2.58. The summed E-state index contributed by atoms with van der Waals surface area (Å²) in [5.41, 5.74) is 3.87. The van der Waals surface area contributed by atoms with Gasteiger partial charge in [-0.2, -0.15) is 0 Å². The van der Waals surface area contributed by atoms with Crippen molar-refractivity contribution in [3.63, 3.8) is 0 Å². The molecule has 15 heavy (non-hydrogen) atoms. The summed E-state index contributed by atoms with van der Waals surface area (Å²) in [6.07, 6.45) is 10.4. The summed E-state index contributed by atoms with van der Waals surface area (Å²) in [6.45, 7) is 9.47. The molecule has 0 amide bonds. The number of fused-ring (bicyclic) bond motifs is 1. The molecule has 2 atom stereocenters. The highest BCUT2D eigenvalue weighted by Crippen LogP contribution is 2.50. The Balaban J connectivity index is 2.32. The van der Waals surface area contributed by atoms with Crippen LogP contribution >= 0.6 is 0 Å². The van der Waals surface area contributed by atoms with Gasteiger partial charge in [-0.05, 0) is 43.9 Å². The molecule has 0 aromatic heterocycles. The molecule has 0 aromatic carbocycles. The average molecular weight is 204 g/mol. The van der Waals surface area contributed by atoms with Crippen LogP contribution in [0.5, 0.6) is 0 Å². The second-order valence-corrected chi connectivity index (χ2v) is 6.01. The zero-order chi connectivity index (χ0) is 11.1. The lowest BCUT2D eigenvalue weighted by Crippen LogP contribution is -2.33. The van der Waals surface area contributed by atoms with Gasteiger partial charge in [0.1, 0.15) is 0 Å². The van der Waals surface area contributed by atoms with Crippen LogP contribution in [-0.2, 0) is 0 Å². The summed E-state index contributed by atoms with van der Waals surface area (Å²) in [6, 6.07) is 0. The highest BCUT2D eigenvalue weighted by molar-refractivity contribution is 5.26. The van der Waals surface area contributed by atoms with E-state index in [0.717, 1.165) is 11.8 Å². The van der Waals surface area contributed by atoms with Gasteiger partial charge in [0.05, 0.1) is 0 Å². The standard InChI is InChI=1S/C15H24/c1-11(2)13-7-9-15(4)8-5-6-12(3)14(15)10-13/h6,10-11,14H,5,7-9H2,1-4H3. The first-order valence-electron chi connectivity index (χ1n) is 6.40. The molecule has 84 valence electrons. The highest BCUT2D eigenvalue weighted by Gasteiger charge is 2.38. The fourth-order valence-corrected chi connectivity index (χ4v) is 3.28. The van der Waals surface area contributed by atoms with Crippen LogP contribution < -0.4 is 0 Å². The van der Waals surface area contributed by atoms with Gasteiger partial charge in [-0.1, -0.05) is 44.1 Å². The molecule has 2 rings (SSSR count). The molecule has 0 spiro atoms. The molecule has 0 aliphatic heterocycles. The molecule has 0 radical (unpaired) electrons. The Morgan fingerprint density at radius 3 is 2.73 bits per heavy atom. The summed E-state index contributed by atoms with van der Waals surface area (Å²) in [5.74, 6) is 1.47. The van der Waals surface area contributed by atoms with Crippen LogP contribution in [0, 0.1) is 17.3 Å². The number of hydrogen-bond donors (Lipinski definition) is 0. The summed E-state index contributed by atoms with van der Waals surface area (Å²) in [7, 11) is 0. The minimum Gasteiger partial charge on any atom is -0.0850 e. The Morgan fingerprint density at radius 1 is 1.33 bits per heavy atom. The molecule has 0 fully saturated rings. The minimum absolute atomic E-state index is 0.567. The molecule has 0 saturated heterocycles. The van der Waals surface area contributed by atoms with E-state index in [1.54, 1.807) is 11.1 Å². The van der Waals surface area contributed by atoms with Gasteiger partial charge in [0.25, 0.3) is 0 Å². The fraction of sp³-hybridized carbons (Fsp3) is 0.733. The Hall–Kier alpha value is -0.520. The minimum atomic E-state index is 0.567. The average Bonchev–Trinajstić information content (AvgIpc) is 2.17. The van der Waals surface area contributed by atoms with Crippen molar-refractivity contribution in [2.75, 3.05) is 0 Å². The van der Waals surface area contributed by atoms with Crippen molar-refractivity contribution in [3.8, 4) is 0 Å². The molecule has 0 heteroatoms. The van der Waals surface area contributed by atoms with E-state index in [4.69, 9.17) is 0 Å². The van der Waals surface area contributed by atoms with E-state index in [9.17, 15) is 0 Å². The number of hydrogen-bond acceptors (Lipinski definition) is 0. The number of rotatable bonds is 1. The van der Waals surface area contributed by atoms with Crippen molar-refractivity contribution in [1.82, 2.24) is 0 Å². The van der Waals surface area contributed by atoms with Crippen LogP contribution in [0.25, 0.3) is 0 Å². The van der Waals surface area contributed by atoms with Crippen LogP contribution in [0.15, 0.2) is 23.3 Å². The molecule has 0 heterocycles. The van der Waals surface area contributed by atoms with Crippen molar-refractivity contribution in [2.45, 2.75) is 53.4 Å². The lowest BCUT2D eigenvalue weighted by molar-refractivity contribution is 0.189. The largest absolute Gasteiger partial charge is 0.0850 e. The van der Waals surface area contributed by atoms with E-state index in [0.29, 0.717) is 5.41 Å². The third-order valence-corrected chi connectivity index (χ3v) is 4.53. The van der Waals surface area contributed by atoms with E-state index in [2.05, 4.69) is 39.8 Å². The van der Waals surface area contributed by atoms with E-state index in [-0.39, 0.29) is 0 Å². The monoisotopic (exact) mass is 204 g/mol. The lowest BCUT2D eigenvalue weighted by Gasteiger charge is -2.44. The summed E-state index contributed by atoms with van der Waals surface area (Å²) >= 11 is 0. The third-order valence-electron chi connectivity index (χ3n) is 4.53. The Bertz CT molecular complexity index is 306. The van der Waals surface area contributed by atoms with Gasteiger partial charge >= 0.3 is 0 Å². The predicted octanol–water partition coefficient (Wildman–Crippen LogP) is 4.73. The fourth-order valence-electron chi connectivity index (χ4n) is 3.28. The Kier molecular flexibility index (Phi) is 2.79. The van der Waals surface area contributed by atoms with E-state index in [1.807, 2.05) is 0 Å². The molecule has 0 bridgehead atoms. The maximum Gasteiger partial charge on any atom is 0.00308 e. The quantitative estimate of drug-likeness (QED) is 0.542. The molecule has 2 aliphatic carbocycles. The van der Waals surface area contributed by atoms with Gasteiger partial charge in [0.15, 0.2) is 0 Å². The topological polar surface area (TPSA) is 0 Å². The Labute approximate surface area is 94.5 Å². The van der Waals surface area contributed by atoms with Crippen molar-refractivity contribution in [2.24, 2.45) is 17.3 Å². The van der Waals surface area contributed by atoms with Crippen LogP contribution in [0.4, 0.5) is 0 Å². The molecular weight excluding hydrogens is 180 g/mol. The first-order valence-corrected chi connectivity index (χ1v) is 6.40. The van der Waals surface area contributed by atoms with Crippen molar-refractivity contribution in [1.29, 1.82) is 0 Å². The van der Waals surface area contributed by atoms with Crippen LogP contribution in [0.1, 0.15) is 53.4 Å². The second kappa shape index (κ2) is 3.81. The zero-order valence-corrected chi connectivity index (χ0v) is 10.6. The second-order valence-electron chi connectivity index (χ2n) is 6.01. The molecular formula is C15H24. The molecule has 0 saturated carbocycles. The summed E-state index contributed by atoms with van der Waals surface area (Å²) < 4.78 is 0. The van der Waals surface area contributed by atoms with Gasteiger partial charge in [0.2, 0.25) is 0 Å².